The Bertz CT molecular complexity index is 1130. The number of likely N-dealkylation sites (tertiary alicyclic amines) is 1. The fourth-order valence-corrected chi connectivity index (χ4v) is 6.97. The van der Waals surface area contributed by atoms with Crippen molar-refractivity contribution in [3.63, 3.8) is 0 Å². The zero-order valence-corrected chi connectivity index (χ0v) is 22.9. The number of anilines is 1. The first-order valence-corrected chi connectivity index (χ1v) is 14.0. The van der Waals surface area contributed by atoms with Gasteiger partial charge in [-0.15, -0.1) is 0 Å². The fourth-order valence-electron chi connectivity index (χ4n) is 6.97. The molecule has 3 heterocycles. The molecular formula is C30H41N3O4. The standard InChI is InChI=1S/C30H41N3O4/c1-7-19(5)33-26(28(35)32-22-10-8-9-17(3)20(22)6)30-14-13-23(37-30)24(25(30)29(33)36)27(34)31-21-12-11-16(2)18(4)15-21/h11-15,17,19-20,22-26H,7-10H2,1-6H3,(H,31,34)(H,32,35)/t17-,19-,20-,22+,23+,24+,25+,26-,30-/m0/s1. The number of rotatable bonds is 6. The van der Waals surface area contributed by atoms with Crippen LogP contribution < -0.4 is 10.6 Å². The second kappa shape index (κ2) is 9.57. The van der Waals surface area contributed by atoms with E-state index in [1.807, 2.05) is 58.0 Å². The van der Waals surface area contributed by atoms with E-state index in [4.69, 9.17) is 4.74 Å². The lowest BCUT2D eigenvalue weighted by molar-refractivity contribution is -0.144. The zero-order valence-electron chi connectivity index (χ0n) is 22.9. The van der Waals surface area contributed by atoms with E-state index in [0.717, 1.165) is 24.0 Å². The number of benzene rings is 1. The maximum atomic E-state index is 14.0. The summed E-state index contributed by atoms with van der Waals surface area (Å²) in [7, 11) is 0. The monoisotopic (exact) mass is 507 g/mol. The van der Waals surface area contributed by atoms with Crippen LogP contribution in [0.4, 0.5) is 5.69 Å². The van der Waals surface area contributed by atoms with Crippen LogP contribution in [0.3, 0.4) is 0 Å². The Kier molecular flexibility index (Phi) is 6.71. The molecule has 37 heavy (non-hydrogen) atoms. The van der Waals surface area contributed by atoms with Crippen LogP contribution in [-0.4, -0.2) is 52.5 Å². The number of fused-ring (bicyclic) bond motifs is 1. The second-order valence-electron chi connectivity index (χ2n) is 11.9. The summed E-state index contributed by atoms with van der Waals surface area (Å²) in [4.78, 5) is 43.3. The van der Waals surface area contributed by atoms with E-state index >= 15 is 0 Å². The smallest absolute Gasteiger partial charge is 0.246 e. The highest BCUT2D eigenvalue weighted by molar-refractivity contribution is 6.03. The minimum Gasteiger partial charge on any atom is -0.359 e. The molecule has 7 nitrogen and oxygen atoms in total. The van der Waals surface area contributed by atoms with Crippen LogP contribution in [0.2, 0.25) is 0 Å². The number of nitrogens with zero attached hydrogens (tertiary/aromatic N) is 1. The van der Waals surface area contributed by atoms with E-state index in [1.54, 1.807) is 4.90 Å². The van der Waals surface area contributed by atoms with Gasteiger partial charge in [0.1, 0.15) is 11.6 Å². The molecule has 9 atom stereocenters. The Hall–Kier alpha value is -2.67. The fraction of sp³-hybridized carbons (Fsp3) is 0.633. The molecule has 0 unspecified atom stereocenters. The Morgan fingerprint density at radius 2 is 1.92 bits per heavy atom. The Balaban J connectivity index is 1.45. The molecule has 2 saturated heterocycles. The van der Waals surface area contributed by atoms with Crippen molar-refractivity contribution in [1.29, 1.82) is 0 Å². The van der Waals surface area contributed by atoms with Crippen LogP contribution in [-0.2, 0) is 19.1 Å². The van der Waals surface area contributed by atoms with Crippen molar-refractivity contribution in [1.82, 2.24) is 10.2 Å². The molecule has 7 heteroatoms. The summed E-state index contributed by atoms with van der Waals surface area (Å²) in [6.45, 7) is 12.5. The lowest BCUT2D eigenvalue weighted by atomic mass is 9.73. The molecule has 1 aromatic rings. The normalized spacial score (nSPS) is 37.0. The molecular weight excluding hydrogens is 466 g/mol. The quantitative estimate of drug-likeness (QED) is 0.567. The third kappa shape index (κ3) is 4.10. The number of aryl methyl sites for hydroxylation is 2. The topological polar surface area (TPSA) is 87.7 Å². The molecule has 2 bridgehead atoms. The molecule has 4 aliphatic rings. The van der Waals surface area contributed by atoms with E-state index in [9.17, 15) is 14.4 Å². The third-order valence-corrected chi connectivity index (χ3v) is 9.74. The molecule has 5 rings (SSSR count). The van der Waals surface area contributed by atoms with Crippen LogP contribution in [0.5, 0.6) is 0 Å². The highest BCUT2D eigenvalue weighted by atomic mass is 16.5. The first kappa shape index (κ1) is 26.0. The number of carbonyl (C=O) groups is 3. The van der Waals surface area contributed by atoms with Gasteiger partial charge in [-0.1, -0.05) is 51.8 Å². The van der Waals surface area contributed by atoms with E-state index < -0.39 is 29.6 Å². The first-order valence-electron chi connectivity index (χ1n) is 14.0. The molecule has 0 radical (unpaired) electrons. The lowest BCUT2D eigenvalue weighted by Crippen LogP contribution is -2.59. The van der Waals surface area contributed by atoms with Crippen LogP contribution >= 0.6 is 0 Å². The van der Waals surface area contributed by atoms with Gasteiger partial charge >= 0.3 is 0 Å². The maximum absolute atomic E-state index is 14.0. The lowest BCUT2D eigenvalue weighted by Gasteiger charge is -2.39. The Morgan fingerprint density at radius 3 is 2.62 bits per heavy atom. The first-order chi connectivity index (χ1) is 17.6. The van der Waals surface area contributed by atoms with E-state index in [0.29, 0.717) is 23.9 Å². The molecule has 3 fully saturated rings. The molecule has 1 aliphatic carbocycles. The Labute approximate surface area is 220 Å². The molecule has 3 amide bonds. The van der Waals surface area contributed by atoms with Crippen molar-refractivity contribution >= 4 is 23.4 Å². The van der Waals surface area contributed by atoms with Gasteiger partial charge in [-0.25, -0.2) is 0 Å². The van der Waals surface area contributed by atoms with Gasteiger partial charge in [-0.05, 0) is 68.7 Å². The van der Waals surface area contributed by atoms with Crippen molar-refractivity contribution in [2.75, 3.05) is 5.32 Å². The van der Waals surface area contributed by atoms with E-state index in [2.05, 4.69) is 24.5 Å². The van der Waals surface area contributed by atoms with Gasteiger partial charge in [0.05, 0.1) is 17.9 Å². The SMILES string of the molecule is CC[C@H](C)N1C(=O)[C@H]2[C@H](C(=O)Nc3ccc(C)c(C)c3)[C@H]3C=C[C@@]2(O3)[C@@H]1C(=O)N[C@@H]1CCC[C@H](C)[C@@H]1C. The van der Waals surface area contributed by atoms with Crippen molar-refractivity contribution in [3.8, 4) is 0 Å². The summed E-state index contributed by atoms with van der Waals surface area (Å²) < 4.78 is 6.47. The van der Waals surface area contributed by atoms with Crippen molar-refractivity contribution in [3.05, 3.63) is 41.5 Å². The summed E-state index contributed by atoms with van der Waals surface area (Å²) in [5.41, 5.74) is 1.81. The van der Waals surface area contributed by atoms with Gasteiger partial charge in [-0.3, -0.25) is 14.4 Å². The molecule has 1 spiro atoms. The largest absolute Gasteiger partial charge is 0.359 e. The third-order valence-electron chi connectivity index (χ3n) is 9.74. The highest BCUT2D eigenvalue weighted by Gasteiger charge is 2.73. The molecule has 3 aliphatic heterocycles. The summed E-state index contributed by atoms with van der Waals surface area (Å²) >= 11 is 0. The number of hydrogen-bond donors (Lipinski definition) is 2. The van der Waals surface area contributed by atoms with Gasteiger partial charge in [-0.2, -0.15) is 0 Å². The summed E-state index contributed by atoms with van der Waals surface area (Å²) in [5, 5.41) is 6.33. The summed E-state index contributed by atoms with van der Waals surface area (Å²) in [6, 6.07) is 4.94. The van der Waals surface area contributed by atoms with Gasteiger partial charge in [0.25, 0.3) is 0 Å². The maximum Gasteiger partial charge on any atom is 0.246 e. The van der Waals surface area contributed by atoms with Crippen LogP contribution in [0.15, 0.2) is 30.4 Å². The molecule has 1 aromatic carbocycles. The average Bonchev–Trinajstić information content (AvgIpc) is 3.51. The van der Waals surface area contributed by atoms with E-state index in [-0.39, 0.29) is 29.8 Å². The van der Waals surface area contributed by atoms with Crippen molar-refractivity contribution in [2.24, 2.45) is 23.7 Å². The highest BCUT2D eigenvalue weighted by Crippen LogP contribution is 2.56. The molecule has 0 aromatic heterocycles. The average molecular weight is 508 g/mol. The number of amides is 3. The van der Waals surface area contributed by atoms with Gasteiger partial charge in [0, 0.05) is 17.8 Å². The summed E-state index contributed by atoms with van der Waals surface area (Å²) in [5.74, 6) is -1.06. The predicted octanol–water partition coefficient (Wildman–Crippen LogP) is 4.13. The number of nitrogens with one attached hydrogen (secondary N) is 2. The van der Waals surface area contributed by atoms with Crippen molar-refractivity contribution < 1.29 is 19.1 Å². The molecule has 1 saturated carbocycles. The molecule has 200 valence electrons. The number of carbonyl (C=O) groups excluding carboxylic acids is 3. The minimum atomic E-state index is -1.12. The van der Waals surface area contributed by atoms with E-state index in [1.165, 1.54) is 6.42 Å². The van der Waals surface area contributed by atoms with Crippen molar-refractivity contribution in [2.45, 2.75) is 97.1 Å². The van der Waals surface area contributed by atoms with Gasteiger partial charge in [0.2, 0.25) is 17.7 Å². The van der Waals surface area contributed by atoms with Gasteiger partial charge in [0.15, 0.2) is 0 Å². The zero-order chi connectivity index (χ0) is 26.6. The van der Waals surface area contributed by atoms with Gasteiger partial charge < -0.3 is 20.3 Å². The Morgan fingerprint density at radius 1 is 1.16 bits per heavy atom. The van der Waals surface area contributed by atoms with Crippen LogP contribution in [0.1, 0.15) is 64.5 Å². The second-order valence-corrected chi connectivity index (χ2v) is 11.9. The number of hydrogen-bond acceptors (Lipinski definition) is 4. The minimum absolute atomic E-state index is 0.0760. The number of ether oxygens (including phenoxy) is 1. The van der Waals surface area contributed by atoms with Crippen LogP contribution in [0, 0.1) is 37.5 Å². The predicted molar refractivity (Wildman–Crippen MR) is 143 cm³/mol. The molecule has 2 N–H and O–H groups in total. The van der Waals surface area contributed by atoms with Crippen LogP contribution in [0.25, 0.3) is 0 Å². The summed E-state index contributed by atoms with van der Waals surface area (Å²) in [6.07, 6.45) is 7.15.